The molecule has 21 heavy (non-hydrogen) atoms. The molecule has 0 unspecified atom stereocenters. The molecular weight excluding hydrogens is 266 g/mol. The monoisotopic (exact) mass is 287 g/mol. The number of nitrogens with zero attached hydrogens (tertiary/aromatic N) is 4. The summed E-state index contributed by atoms with van der Waals surface area (Å²) in [5.74, 6) is 2.07. The number of nitrogen functional groups attached to an aromatic ring is 1. The van der Waals surface area contributed by atoms with Crippen LogP contribution < -0.4 is 10.5 Å². The van der Waals surface area contributed by atoms with Gasteiger partial charge in [0.1, 0.15) is 0 Å². The number of tetrazole rings is 1. The van der Waals surface area contributed by atoms with Crippen LogP contribution in [-0.4, -0.2) is 26.8 Å². The highest BCUT2D eigenvalue weighted by atomic mass is 16.5. The SMILES string of the molecule is CCOc1c(N)cccc1-c1nnnn1CC1CCCC1. The van der Waals surface area contributed by atoms with E-state index in [-0.39, 0.29) is 0 Å². The molecule has 6 heteroatoms. The molecule has 0 spiro atoms. The van der Waals surface area contributed by atoms with E-state index in [0.29, 0.717) is 24.0 Å². The third kappa shape index (κ3) is 2.84. The maximum absolute atomic E-state index is 6.02. The van der Waals surface area contributed by atoms with Gasteiger partial charge < -0.3 is 10.5 Å². The molecule has 1 fully saturated rings. The summed E-state index contributed by atoms with van der Waals surface area (Å²) >= 11 is 0. The van der Waals surface area contributed by atoms with E-state index in [0.717, 1.165) is 17.9 Å². The average molecular weight is 287 g/mol. The summed E-state index contributed by atoms with van der Waals surface area (Å²) in [6.45, 7) is 3.37. The van der Waals surface area contributed by atoms with Crippen LogP contribution in [0.1, 0.15) is 32.6 Å². The van der Waals surface area contributed by atoms with Gasteiger partial charge in [-0.3, -0.25) is 0 Å². The minimum Gasteiger partial charge on any atom is -0.491 e. The first-order valence-corrected chi connectivity index (χ1v) is 7.57. The number of ether oxygens (including phenoxy) is 1. The number of rotatable bonds is 5. The minimum absolute atomic E-state index is 0.561. The fourth-order valence-corrected chi connectivity index (χ4v) is 2.99. The number of benzene rings is 1. The Kier molecular flexibility index (Phi) is 4.03. The van der Waals surface area contributed by atoms with Gasteiger partial charge in [0.15, 0.2) is 11.6 Å². The molecule has 0 saturated heterocycles. The van der Waals surface area contributed by atoms with Crippen molar-refractivity contribution in [1.29, 1.82) is 0 Å². The van der Waals surface area contributed by atoms with Crippen LogP contribution in [0.25, 0.3) is 11.4 Å². The molecule has 1 aliphatic rings. The Morgan fingerprint density at radius 2 is 2.14 bits per heavy atom. The third-order valence-corrected chi connectivity index (χ3v) is 4.01. The van der Waals surface area contributed by atoms with Gasteiger partial charge in [-0.15, -0.1) is 5.10 Å². The van der Waals surface area contributed by atoms with Crippen molar-refractivity contribution in [3.05, 3.63) is 18.2 Å². The summed E-state index contributed by atoms with van der Waals surface area (Å²) in [7, 11) is 0. The molecule has 0 amide bonds. The zero-order valence-corrected chi connectivity index (χ0v) is 12.3. The Bertz CT molecular complexity index is 604. The second-order valence-electron chi connectivity index (χ2n) is 5.49. The van der Waals surface area contributed by atoms with E-state index in [9.17, 15) is 0 Å². The van der Waals surface area contributed by atoms with E-state index in [1.165, 1.54) is 25.7 Å². The largest absolute Gasteiger partial charge is 0.491 e. The van der Waals surface area contributed by atoms with E-state index < -0.39 is 0 Å². The molecule has 1 heterocycles. The summed E-state index contributed by atoms with van der Waals surface area (Å²) < 4.78 is 7.56. The molecule has 1 aromatic carbocycles. The van der Waals surface area contributed by atoms with Crippen LogP contribution in [0.5, 0.6) is 5.75 Å². The minimum atomic E-state index is 0.561. The van der Waals surface area contributed by atoms with Gasteiger partial charge in [-0.25, -0.2) is 4.68 Å². The fraction of sp³-hybridized carbons (Fsp3) is 0.533. The first-order valence-electron chi connectivity index (χ1n) is 7.57. The number of para-hydroxylation sites is 1. The van der Waals surface area contributed by atoms with Gasteiger partial charge in [0.2, 0.25) is 0 Å². The van der Waals surface area contributed by atoms with Crippen molar-refractivity contribution in [1.82, 2.24) is 20.2 Å². The summed E-state index contributed by atoms with van der Waals surface area (Å²) in [6, 6.07) is 5.69. The number of hydrogen-bond acceptors (Lipinski definition) is 5. The van der Waals surface area contributed by atoms with Crippen molar-refractivity contribution < 1.29 is 4.74 Å². The van der Waals surface area contributed by atoms with E-state index in [4.69, 9.17) is 10.5 Å². The van der Waals surface area contributed by atoms with Crippen molar-refractivity contribution in [2.45, 2.75) is 39.2 Å². The molecular formula is C15H21N5O. The standard InChI is InChI=1S/C15H21N5O/c1-2-21-14-12(8-5-9-13(14)16)15-17-18-19-20(15)10-11-6-3-4-7-11/h5,8-9,11H,2-4,6-7,10,16H2,1H3. The third-order valence-electron chi connectivity index (χ3n) is 4.01. The average Bonchev–Trinajstić information content (AvgIpc) is 3.14. The highest BCUT2D eigenvalue weighted by Crippen LogP contribution is 2.34. The normalized spacial score (nSPS) is 15.5. The highest BCUT2D eigenvalue weighted by molar-refractivity contribution is 5.73. The van der Waals surface area contributed by atoms with Gasteiger partial charge in [-0.1, -0.05) is 18.9 Å². The molecule has 6 nitrogen and oxygen atoms in total. The van der Waals surface area contributed by atoms with E-state index >= 15 is 0 Å². The molecule has 0 radical (unpaired) electrons. The fourth-order valence-electron chi connectivity index (χ4n) is 2.99. The van der Waals surface area contributed by atoms with Crippen LogP contribution in [0.15, 0.2) is 18.2 Å². The second-order valence-corrected chi connectivity index (χ2v) is 5.49. The molecule has 0 bridgehead atoms. The molecule has 2 aromatic rings. The number of aromatic nitrogens is 4. The van der Waals surface area contributed by atoms with E-state index in [2.05, 4.69) is 15.5 Å². The predicted molar refractivity (Wildman–Crippen MR) is 80.8 cm³/mol. The first kappa shape index (κ1) is 13.9. The lowest BCUT2D eigenvalue weighted by molar-refractivity contribution is 0.342. The molecule has 1 aromatic heterocycles. The second kappa shape index (κ2) is 6.11. The molecule has 0 atom stereocenters. The lowest BCUT2D eigenvalue weighted by Crippen LogP contribution is -2.11. The van der Waals surface area contributed by atoms with Gasteiger partial charge in [-0.05, 0) is 48.2 Å². The summed E-state index contributed by atoms with van der Waals surface area (Å²) in [4.78, 5) is 0. The van der Waals surface area contributed by atoms with Crippen molar-refractivity contribution in [2.24, 2.45) is 5.92 Å². The molecule has 0 aliphatic heterocycles. The predicted octanol–water partition coefficient (Wildman–Crippen LogP) is 2.51. The van der Waals surface area contributed by atoms with Crippen molar-refractivity contribution in [3.63, 3.8) is 0 Å². The highest BCUT2D eigenvalue weighted by Gasteiger charge is 2.21. The Morgan fingerprint density at radius 1 is 1.33 bits per heavy atom. The molecule has 1 aliphatic carbocycles. The van der Waals surface area contributed by atoms with Crippen LogP contribution >= 0.6 is 0 Å². The van der Waals surface area contributed by atoms with Crippen molar-refractivity contribution >= 4 is 5.69 Å². The van der Waals surface area contributed by atoms with Gasteiger partial charge in [-0.2, -0.15) is 0 Å². The lowest BCUT2D eigenvalue weighted by Gasteiger charge is -2.14. The van der Waals surface area contributed by atoms with E-state index in [1.807, 2.05) is 29.8 Å². The molecule has 112 valence electrons. The number of hydrogen-bond donors (Lipinski definition) is 1. The zero-order valence-electron chi connectivity index (χ0n) is 12.3. The lowest BCUT2D eigenvalue weighted by atomic mass is 10.1. The summed E-state index contributed by atoms with van der Waals surface area (Å²) in [6.07, 6.45) is 5.14. The summed E-state index contributed by atoms with van der Waals surface area (Å²) in [5.41, 5.74) is 7.50. The molecule has 3 rings (SSSR count). The number of anilines is 1. The Morgan fingerprint density at radius 3 is 2.90 bits per heavy atom. The van der Waals surface area contributed by atoms with Crippen LogP contribution in [0.4, 0.5) is 5.69 Å². The van der Waals surface area contributed by atoms with E-state index in [1.54, 1.807) is 0 Å². The quantitative estimate of drug-likeness (QED) is 0.855. The van der Waals surface area contributed by atoms with Gasteiger partial charge in [0.25, 0.3) is 0 Å². The zero-order chi connectivity index (χ0) is 14.7. The smallest absolute Gasteiger partial charge is 0.185 e. The van der Waals surface area contributed by atoms with Gasteiger partial charge in [0, 0.05) is 6.54 Å². The maximum atomic E-state index is 6.02. The Labute approximate surface area is 124 Å². The van der Waals surface area contributed by atoms with Gasteiger partial charge >= 0.3 is 0 Å². The van der Waals surface area contributed by atoms with Crippen LogP contribution in [0.2, 0.25) is 0 Å². The van der Waals surface area contributed by atoms with Crippen molar-refractivity contribution in [3.8, 4) is 17.1 Å². The van der Waals surface area contributed by atoms with Crippen LogP contribution in [0, 0.1) is 5.92 Å². The maximum Gasteiger partial charge on any atom is 0.185 e. The topological polar surface area (TPSA) is 78.8 Å². The van der Waals surface area contributed by atoms with Crippen LogP contribution in [-0.2, 0) is 6.54 Å². The molecule has 2 N–H and O–H groups in total. The van der Waals surface area contributed by atoms with Crippen LogP contribution in [0.3, 0.4) is 0 Å². The Hall–Kier alpha value is -2.11. The van der Waals surface area contributed by atoms with Gasteiger partial charge in [0.05, 0.1) is 17.9 Å². The number of nitrogens with two attached hydrogens (primary N) is 1. The molecule has 1 saturated carbocycles. The Balaban J connectivity index is 1.93. The summed E-state index contributed by atoms with van der Waals surface area (Å²) in [5, 5.41) is 12.2. The first-order chi connectivity index (χ1) is 10.3. The van der Waals surface area contributed by atoms with Crippen molar-refractivity contribution in [2.75, 3.05) is 12.3 Å².